The highest BCUT2D eigenvalue weighted by Gasteiger charge is 2.39. The lowest BCUT2D eigenvalue weighted by Crippen LogP contribution is -2.46. The van der Waals surface area contributed by atoms with Crippen molar-refractivity contribution < 1.29 is 13.2 Å². The molecule has 1 aliphatic rings. The molecular weight excluding hydrogens is 300 g/mol. The summed E-state index contributed by atoms with van der Waals surface area (Å²) in [4.78, 5) is 3.27. The zero-order chi connectivity index (χ0) is 15.7. The van der Waals surface area contributed by atoms with Crippen molar-refractivity contribution in [3.05, 3.63) is 35.5 Å². The molecule has 2 N–H and O–H groups in total. The van der Waals surface area contributed by atoms with Crippen LogP contribution in [0.1, 0.15) is 31.0 Å². The van der Waals surface area contributed by atoms with Crippen molar-refractivity contribution in [3.8, 4) is 0 Å². The van der Waals surface area contributed by atoms with Gasteiger partial charge in [0, 0.05) is 29.7 Å². The van der Waals surface area contributed by atoms with Gasteiger partial charge >= 0.3 is 0 Å². The molecule has 0 radical (unpaired) electrons. The molecule has 2 aromatic rings. The molecule has 22 heavy (non-hydrogen) atoms. The molecule has 1 saturated carbocycles. The summed E-state index contributed by atoms with van der Waals surface area (Å²) in [5, 5.41) is 0.750. The topological polar surface area (TPSA) is 71.2 Å². The third kappa shape index (κ3) is 3.04. The second-order valence-corrected chi connectivity index (χ2v) is 7.91. The van der Waals surface area contributed by atoms with Crippen molar-refractivity contribution in [1.82, 2.24) is 9.71 Å². The van der Waals surface area contributed by atoms with Crippen LogP contribution in [-0.4, -0.2) is 31.4 Å². The summed E-state index contributed by atoms with van der Waals surface area (Å²) in [6.07, 6.45) is 1.29. The molecule has 0 atom stereocenters. The molecule has 1 heterocycles. The van der Waals surface area contributed by atoms with E-state index in [0.29, 0.717) is 26.0 Å². The normalized spacial score (nSPS) is 21.9. The van der Waals surface area contributed by atoms with Crippen LogP contribution in [0.4, 0.5) is 0 Å². The second kappa shape index (κ2) is 6.02. The van der Waals surface area contributed by atoms with Crippen molar-refractivity contribution in [2.24, 2.45) is 0 Å². The van der Waals surface area contributed by atoms with Gasteiger partial charge in [-0.1, -0.05) is 12.1 Å². The highest BCUT2D eigenvalue weighted by Crippen LogP contribution is 2.29. The van der Waals surface area contributed by atoms with Crippen LogP contribution in [0.25, 0.3) is 10.9 Å². The van der Waals surface area contributed by atoms with Crippen molar-refractivity contribution in [2.75, 3.05) is 6.61 Å². The Balaban J connectivity index is 1.66. The van der Waals surface area contributed by atoms with Gasteiger partial charge in [-0.2, -0.15) is 0 Å². The van der Waals surface area contributed by atoms with E-state index < -0.39 is 10.0 Å². The Morgan fingerprint density at radius 2 is 2.14 bits per heavy atom. The van der Waals surface area contributed by atoms with E-state index in [-0.39, 0.29) is 11.4 Å². The summed E-state index contributed by atoms with van der Waals surface area (Å²) in [5.74, 6) is 0. The molecule has 5 nitrogen and oxygen atoms in total. The first-order valence-corrected chi connectivity index (χ1v) is 9.21. The molecule has 1 aromatic carbocycles. The molecule has 0 bridgehead atoms. The first-order valence-electron chi connectivity index (χ1n) is 7.67. The highest BCUT2D eigenvalue weighted by atomic mass is 32.2. The van der Waals surface area contributed by atoms with E-state index in [2.05, 4.69) is 9.71 Å². The van der Waals surface area contributed by atoms with E-state index in [1.54, 1.807) is 0 Å². The van der Waals surface area contributed by atoms with Crippen molar-refractivity contribution >= 4 is 20.9 Å². The van der Waals surface area contributed by atoms with Crippen LogP contribution in [0.3, 0.4) is 0 Å². The standard InChI is InChI=1S/C16H22N2O3S/c1-3-21-13-8-14(9-13)22(19,20)17-10-12-5-4-6-16-15(12)7-11(2)18-16/h4-7,13-14,17-18H,3,8-10H2,1-2H3. The summed E-state index contributed by atoms with van der Waals surface area (Å²) >= 11 is 0. The Bertz CT molecular complexity index is 761. The maximum Gasteiger partial charge on any atom is 0.214 e. The molecule has 1 aromatic heterocycles. The number of aromatic nitrogens is 1. The zero-order valence-corrected chi connectivity index (χ0v) is 13.7. The van der Waals surface area contributed by atoms with Gasteiger partial charge in [-0.25, -0.2) is 13.1 Å². The Morgan fingerprint density at radius 3 is 2.86 bits per heavy atom. The van der Waals surface area contributed by atoms with Crippen LogP contribution in [0.5, 0.6) is 0 Å². The highest BCUT2D eigenvalue weighted by molar-refractivity contribution is 7.90. The smallest absolute Gasteiger partial charge is 0.214 e. The number of aryl methyl sites for hydroxylation is 1. The largest absolute Gasteiger partial charge is 0.378 e. The van der Waals surface area contributed by atoms with Crippen LogP contribution in [0, 0.1) is 6.92 Å². The summed E-state index contributed by atoms with van der Waals surface area (Å²) in [6, 6.07) is 7.95. The molecule has 3 rings (SSSR count). The van der Waals surface area contributed by atoms with E-state index in [4.69, 9.17) is 4.74 Å². The van der Waals surface area contributed by atoms with Crippen molar-refractivity contribution in [2.45, 2.75) is 44.6 Å². The van der Waals surface area contributed by atoms with Gasteiger partial charge in [-0.3, -0.25) is 0 Å². The maximum absolute atomic E-state index is 12.3. The lowest BCUT2D eigenvalue weighted by Gasteiger charge is -2.34. The molecule has 0 spiro atoms. The predicted octanol–water partition coefficient (Wildman–Crippen LogP) is 2.46. The second-order valence-electron chi connectivity index (χ2n) is 5.87. The van der Waals surface area contributed by atoms with Gasteiger partial charge in [-0.15, -0.1) is 0 Å². The first-order chi connectivity index (χ1) is 10.5. The lowest BCUT2D eigenvalue weighted by molar-refractivity contribution is 0.0120. The monoisotopic (exact) mass is 322 g/mol. The summed E-state index contributed by atoms with van der Waals surface area (Å²) in [5.41, 5.74) is 3.10. The number of hydrogen-bond donors (Lipinski definition) is 2. The minimum Gasteiger partial charge on any atom is -0.378 e. The Kier molecular flexibility index (Phi) is 4.25. The molecule has 0 amide bonds. The van der Waals surface area contributed by atoms with Crippen LogP contribution in [-0.2, 0) is 21.3 Å². The average molecular weight is 322 g/mol. The Morgan fingerprint density at radius 1 is 1.36 bits per heavy atom. The van der Waals surface area contributed by atoms with Gasteiger partial charge in [0.25, 0.3) is 0 Å². The Hall–Kier alpha value is -1.37. The van der Waals surface area contributed by atoms with E-state index in [9.17, 15) is 8.42 Å². The molecule has 0 aliphatic heterocycles. The first kappa shape index (κ1) is 15.5. The zero-order valence-electron chi connectivity index (χ0n) is 12.9. The number of ether oxygens (including phenoxy) is 1. The quantitative estimate of drug-likeness (QED) is 0.858. The van der Waals surface area contributed by atoms with E-state index >= 15 is 0 Å². The minimum atomic E-state index is -3.28. The lowest BCUT2D eigenvalue weighted by atomic mass is 9.95. The molecule has 6 heteroatoms. The maximum atomic E-state index is 12.3. The molecule has 0 unspecified atom stereocenters. The van der Waals surface area contributed by atoms with Crippen LogP contribution in [0.2, 0.25) is 0 Å². The molecular formula is C16H22N2O3S. The predicted molar refractivity (Wildman–Crippen MR) is 87.2 cm³/mol. The Labute approximate surface area is 131 Å². The van der Waals surface area contributed by atoms with Crippen LogP contribution < -0.4 is 4.72 Å². The SMILES string of the molecule is CCOC1CC(S(=O)(=O)NCc2cccc3[nH]c(C)cc23)C1. The van der Waals surface area contributed by atoms with Crippen LogP contribution >= 0.6 is 0 Å². The minimum absolute atomic E-state index is 0.0994. The van der Waals surface area contributed by atoms with Gasteiger partial charge < -0.3 is 9.72 Å². The summed E-state index contributed by atoms with van der Waals surface area (Å²) < 4.78 is 32.8. The van der Waals surface area contributed by atoms with E-state index in [1.807, 2.05) is 38.1 Å². The number of fused-ring (bicyclic) bond motifs is 1. The number of rotatable bonds is 6. The number of hydrogen-bond acceptors (Lipinski definition) is 3. The van der Waals surface area contributed by atoms with Gasteiger partial charge in [0.05, 0.1) is 11.4 Å². The number of nitrogens with one attached hydrogen (secondary N) is 2. The fourth-order valence-corrected chi connectivity index (χ4v) is 4.48. The number of sulfonamides is 1. The summed E-state index contributed by atoms with van der Waals surface area (Å²) in [7, 11) is -3.28. The van der Waals surface area contributed by atoms with Crippen LogP contribution in [0.15, 0.2) is 24.3 Å². The van der Waals surface area contributed by atoms with Crippen molar-refractivity contribution in [3.63, 3.8) is 0 Å². The van der Waals surface area contributed by atoms with Crippen molar-refractivity contribution in [1.29, 1.82) is 0 Å². The fraction of sp³-hybridized carbons (Fsp3) is 0.500. The molecule has 0 saturated heterocycles. The molecule has 1 aliphatic carbocycles. The average Bonchev–Trinajstić information content (AvgIpc) is 2.80. The number of H-pyrrole nitrogens is 1. The fourth-order valence-electron chi connectivity index (χ4n) is 2.95. The van der Waals surface area contributed by atoms with E-state index in [0.717, 1.165) is 22.2 Å². The third-order valence-electron chi connectivity index (χ3n) is 4.25. The summed E-state index contributed by atoms with van der Waals surface area (Å²) in [6.45, 7) is 4.89. The third-order valence-corrected chi connectivity index (χ3v) is 6.05. The van der Waals surface area contributed by atoms with E-state index in [1.165, 1.54) is 0 Å². The van der Waals surface area contributed by atoms with Gasteiger partial charge in [0.15, 0.2) is 0 Å². The molecule has 120 valence electrons. The van der Waals surface area contributed by atoms with Gasteiger partial charge in [0.2, 0.25) is 10.0 Å². The van der Waals surface area contributed by atoms with Gasteiger partial charge in [0.1, 0.15) is 0 Å². The number of aromatic amines is 1. The van der Waals surface area contributed by atoms with Gasteiger partial charge in [-0.05, 0) is 44.4 Å². The molecule has 1 fully saturated rings. The number of benzene rings is 1.